The number of nitrogens with one attached hydrogen (secondary N) is 1. The molecule has 1 aromatic rings. The van der Waals surface area contributed by atoms with Crippen LogP contribution >= 0.6 is 22.6 Å². The standard InChI is InChI=1S/C10H10INO5S/c11-7-2-1-3-8(4-7)12-9(13)5-18(16,17)6-10(14)15/h1-4H,5-6H2,(H,12,13)(H,14,15). The number of hydrogen-bond donors (Lipinski definition) is 2. The van der Waals surface area contributed by atoms with Crippen LogP contribution in [-0.4, -0.2) is 36.9 Å². The first kappa shape index (κ1) is 14.9. The van der Waals surface area contributed by atoms with Gasteiger partial charge in [0, 0.05) is 9.26 Å². The Hall–Kier alpha value is -1.16. The highest BCUT2D eigenvalue weighted by Gasteiger charge is 2.20. The van der Waals surface area contributed by atoms with Crippen molar-refractivity contribution in [3.8, 4) is 0 Å². The summed E-state index contributed by atoms with van der Waals surface area (Å²) < 4.78 is 23.4. The molecule has 2 N–H and O–H groups in total. The molecule has 18 heavy (non-hydrogen) atoms. The average molecular weight is 383 g/mol. The minimum atomic E-state index is -3.92. The zero-order valence-electron chi connectivity index (χ0n) is 9.09. The lowest BCUT2D eigenvalue weighted by molar-refractivity contribution is -0.134. The molecule has 0 radical (unpaired) electrons. The van der Waals surface area contributed by atoms with Crippen molar-refractivity contribution in [2.75, 3.05) is 16.8 Å². The maximum Gasteiger partial charge on any atom is 0.318 e. The van der Waals surface area contributed by atoms with Crippen LogP contribution in [0.4, 0.5) is 5.69 Å². The Morgan fingerprint density at radius 2 is 1.94 bits per heavy atom. The van der Waals surface area contributed by atoms with Crippen LogP contribution in [0.25, 0.3) is 0 Å². The van der Waals surface area contributed by atoms with E-state index in [1.165, 1.54) is 0 Å². The average Bonchev–Trinajstić information content (AvgIpc) is 2.13. The number of anilines is 1. The monoisotopic (exact) mass is 383 g/mol. The zero-order chi connectivity index (χ0) is 13.8. The van der Waals surface area contributed by atoms with E-state index in [0.29, 0.717) is 5.69 Å². The van der Waals surface area contributed by atoms with Gasteiger partial charge in [0.05, 0.1) is 0 Å². The van der Waals surface area contributed by atoms with Crippen LogP contribution in [0.2, 0.25) is 0 Å². The first-order valence-corrected chi connectivity index (χ1v) is 7.66. The molecule has 1 amide bonds. The highest BCUT2D eigenvalue weighted by atomic mass is 127. The number of aliphatic carboxylic acids is 1. The summed E-state index contributed by atoms with van der Waals surface area (Å²) in [5.41, 5.74) is 0.470. The summed E-state index contributed by atoms with van der Waals surface area (Å²) >= 11 is 2.05. The molecule has 98 valence electrons. The van der Waals surface area contributed by atoms with E-state index < -0.39 is 33.2 Å². The van der Waals surface area contributed by atoms with E-state index in [1.807, 2.05) is 28.7 Å². The van der Waals surface area contributed by atoms with Gasteiger partial charge in [-0.25, -0.2) is 8.42 Å². The number of amides is 1. The zero-order valence-corrected chi connectivity index (χ0v) is 12.1. The number of carboxylic acids is 1. The maximum absolute atomic E-state index is 11.4. The molecule has 0 unspecified atom stereocenters. The summed E-state index contributed by atoms with van der Waals surface area (Å²) in [5, 5.41) is 10.8. The van der Waals surface area contributed by atoms with Gasteiger partial charge in [-0.05, 0) is 40.8 Å². The van der Waals surface area contributed by atoms with Crippen LogP contribution in [0.1, 0.15) is 0 Å². The predicted molar refractivity (Wildman–Crippen MR) is 74.1 cm³/mol. The smallest absolute Gasteiger partial charge is 0.318 e. The number of rotatable bonds is 5. The normalized spacial score (nSPS) is 10.9. The van der Waals surface area contributed by atoms with Gasteiger partial charge in [-0.3, -0.25) is 9.59 Å². The van der Waals surface area contributed by atoms with Gasteiger partial charge < -0.3 is 10.4 Å². The molecule has 0 spiro atoms. The summed E-state index contributed by atoms with van der Waals surface area (Å²) in [6, 6.07) is 6.81. The number of hydrogen-bond acceptors (Lipinski definition) is 4. The van der Waals surface area contributed by atoms with Gasteiger partial charge in [-0.15, -0.1) is 0 Å². The van der Waals surface area contributed by atoms with E-state index in [1.54, 1.807) is 18.2 Å². The second kappa shape index (κ2) is 6.14. The summed E-state index contributed by atoms with van der Waals surface area (Å²) in [4.78, 5) is 21.7. The van der Waals surface area contributed by atoms with Crippen LogP contribution < -0.4 is 5.32 Å². The summed E-state index contributed by atoms with van der Waals surface area (Å²) in [7, 11) is -3.92. The molecule has 0 saturated heterocycles. The first-order chi connectivity index (χ1) is 8.28. The molecule has 0 heterocycles. The fourth-order valence-corrected chi connectivity index (χ4v) is 2.70. The second-order valence-electron chi connectivity index (χ2n) is 3.48. The van der Waals surface area contributed by atoms with Crippen molar-refractivity contribution < 1.29 is 23.1 Å². The van der Waals surface area contributed by atoms with Crippen LogP contribution in [-0.2, 0) is 19.4 Å². The Kier molecular flexibility index (Phi) is 5.08. The molecule has 1 rings (SSSR count). The lowest BCUT2D eigenvalue weighted by Gasteiger charge is -2.05. The SMILES string of the molecule is O=C(O)CS(=O)(=O)CC(=O)Nc1cccc(I)c1. The molecule has 6 nitrogen and oxygen atoms in total. The third-order valence-corrected chi connectivity index (χ3v) is 3.86. The topological polar surface area (TPSA) is 101 Å². The molecule has 0 atom stereocenters. The number of benzene rings is 1. The summed E-state index contributed by atoms with van der Waals surface area (Å²) in [6.45, 7) is 0. The number of halogens is 1. The third kappa shape index (κ3) is 5.45. The molecule has 1 aromatic carbocycles. The molecular formula is C10H10INO5S. The van der Waals surface area contributed by atoms with Crippen molar-refractivity contribution in [1.82, 2.24) is 0 Å². The molecule has 0 saturated carbocycles. The van der Waals surface area contributed by atoms with E-state index in [4.69, 9.17) is 5.11 Å². The molecule has 0 aliphatic carbocycles. The van der Waals surface area contributed by atoms with Gasteiger partial charge in [0.2, 0.25) is 5.91 Å². The van der Waals surface area contributed by atoms with Crippen molar-refractivity contribution in [2.45, 2.75) is 0 Å². The number of carbonyl (C=O) groups is 2. The number of sulfone groups is 1. The quantitative estimate of drug-likeness (QED) is 0.731. The lowest BCUT2D eigenvalue weighted by Crippen LogP contribution is -2.27. The molecule has 0 aliphatic heterocycles. The fraction of sp³-hybridized carbons (Fsp3) is 0.200. The van der Waals surface area contributed by atoms with Gasteiger partial charge in [0.1, 0.15) is 11.5 Å². The van der Waals surface area contributed by atoms with E-state index >= 15 is 0 Å². The van der Waals surface area contributed by atoms with Crippen molar-refractivity contribution >= 4 is 50.0 Å². The maximum atomic E-state index is 11.4. The van der Waals surface area contributed by atoms with Gasteiger partial charge in [0.25, 0.3) is 0 Å². The van der Waals surface area contributed by atoms with E-state index in [-0.39, 0.29) is 0 Å². The predicted octanol–water partition coefficient (Wildman–Crippen LogP) is 0.729. The van der Waals surface area contributed by atoms with Crippen molar-refractivity contribution in [3.63, 3.8) is 0 Å². The van der Waals surface area contributed by atoms with Gasteiger partial charge in [-0.2, -0.15) is 0 Å². The van der Waals surface area contributed by atoms with Crippen molar-refractivity contribution in [1.29, 1.82) is 0 Å². The van der Waals surface area contributed by atoms with Gasteiger partial charge >= 0.3 is 5.97 Å². The largest absolute Gasteiger partial charge is 0.480 e. The first-order valence-electron chi connectivity index (χ1n) is 4.76. The van der Waals surface area contributed by atoms with Crippen LogP contribution in [0, 0.1) is 3.57 Å². The van der Waals surface area contributed by atoms with Crippen LogP contribution in [0.3, 0.4) is 0 Å². The lowest BCUT2D eigenvalue weighted by atomic mass is 10.3. The highest BCUT2D eigenvalue weighted by molar-refractivity contribution is 14.1. The Balaban J connectivity index is 2.65. The Morgan fingerprint density at radius 3 is 2.50 bits per heavy atom. The fourth-order valence-electron chi connectivity index (χ4n) is 1.20. The molecule has 0 aliphatic rings. The number of carboxylic acid groups (broad SMARTS) is 1. The van der Waals surface area contributed by atoms with E-state index in [0.717, 1.165) is 3.57 Å². The van der Waals surface area contributed by atoms with Gasteiger partial charge in [0.15, 0.2) is 9.84 Å². The Bertz CT molecular complexity index is 569. The van der Waals surface area contributed by atoms with Gasteiger partial charge in [-0.1, -0.05) is 6.07 Å². The van der Waals surface area contributed by atoms with Crippen LogP contribution in [0.15, 0.2) is 24.3 Å². The minimum absolute atomic E-state index is 0.470. The Labute approximate surface area is 117 Å². The Morgan fingerprint density at radius 1 is 1.28 bits per heavy atom. The van der Waals surface area contributed by atoms with Crippen LogP contribution in [0.5, 0.6) is 0 Å². The third-order valence-electron chi connectivity index (χ3n) is 1.80. The molecular weight excluding hydrogens is 373 g/mol. The highest BCUT2D eigenvalue weighted by Crippen LogP contribution is 2.12. The van der Waals surface area contributed by atoms with E-state index in [9.17, 15) is 18.0 Å². The summed E-state index contributed by atoms with van der Waals surface area (Å²) in [5.74, 6) is -4.12. The molecule has 0 aromatic heterocycles. The van der Waals surface area contributed by atoms with Crippen molar-refractivity contribution in [3.05, 3.63) is 27.8 Å². The molecule has 0 bridgehead atoms. The minimum Gasteiger partial charge on any atom is -0.480 e. The van der Waals surface area contributed by atoms with E-state index in [2.05, 4.69) is 5.32 Å². The molecule has 0 fully saturated rings. The number of carbonyl (C=O) groups excluding carboxylic acids is 1. The molecule has 8 heteroatoms. The summed E-state index contributed by atoms with van der Waals surface area (Å²) in [6.07, 6.45) is 0. The van der Waals surface area contributed by atoms with Crippen molar-refractivity contribution in [2.24, 2.45) is 0 Å². The second-order valence-corrected chi connectivity index (χ2v) is 6.79.